The van der Waals surface area contributed by atoms with Crippen molar-refractivity contribution in [3.8, 4) is 0 Å². The van der Waals surface area contributed by atoms with Gasteiger partial charge in [-0.05, 0) is 19.2 Å². The number of methoxy groups -OCH3 is 1. The Balaban J connectivity index is 2.43. The van der Waals surface area contributed by atoms with Crippen LogP contribution >= 0.6 is 0 Å². The molecule has 0 fully saturated rings. The van der Waals surface area contributed by atoms with E-state index in [1.165, 1.54) is 0 Å². The molecular formula is C10H17N3O. The molecule has 1 aromatic heterocycles. The number of hydrogen-bond donors (Lipinski definition) is 1. The number of nitrogens with zero attached hydrogens (tertiary/aromatic N) is 2. The Morgan fingerprint density at radius 3 is 3.00 bits per heavy atom. The van der Waals surface area contributed by atoms with E-state index in [0.717, 1.165) is 31.1 Å². The van der Waals surface area contributed by atoms with Crippen LogP contribution in [0.5, 0.6) is 0 Å². The highest BCUT2D eigenvalue weighted by Crippen LogP contribution is 2.04. The minimum Gasteiger partial charge on any atom is -0.399 e. The van der Waals surface area contributed by atoms with Crippen LogP contribution in [0.2, 0.25) is 0 Å². The lowest BCUT2D eigenvalue weighted by molar-refractivity contribution is 0.158. The summed E-state index contributed by atoms with van der Waals surface area (Å²) in [6.45, 7) is 2.43. The Kier molecular flexibility index (Phi) is 4.35. The second-order valence-electron chi connectivity index (χ2n) is 3.31. The fourth-order valence-corrected chi connectivity index (χ4v) is 1.19. The van der Waals surface area contributed by atoms with Gasteiger partial charge in [0, 0.05) is 32.1 Å². The predicted octanol–water partition coefficient (Wildman–Crippen LogP) is 0.742. The first-order chi connectivity index (χ1) is 6.72. The van der Waals surface area contributed by atoms with Gasteiger partial charge >= 0.3 is 0 Å². The normalized spacial score (nSPS) is 10.8. The topological polar surface area (TPSA) is 51.4 Å². The minimum absolute atomic E-state index is 0.735. The lowest BCUT2D eigenvalue weighted by Gasteiger charge is -2.15. The van der Waals surface area contributed by atoms with Crippen LogP contribution in [0.3, 0.4) is 0 Å². The Morgan fingerprint density at radius 1 is 1.57 bits per heavy atom. The lowest BCUT2D eigenvalue weighted by atomic mass is 10.3. The first-order valence-corrected chi connectivity index (χ1v) is 4.60. The highest BCUT2D eigenvalue weighted by molar-refractivity contribution is 5.37. The second-order valence-corrected chi connectivity index (χ2v) is 3.31. The van der Waals surface area contributed by atoms with Gasteiger partial charge in [-0.1, -0.05) is 0 Å². The molecule has 0 amide bonds. The maximum absolute atomic E-state index is 5.65. The van der Waals surface area contributed by atoms with Gasteiger partial charge in [-0.2, -0.15) is 0 Å². The van der Waals surface area contributed by atoms with E-state index in [4.69, 9.17) is 10.5 Å². The zero-order chi connectivity index (χ0) is 10.4. The van der Waals surface area contributed by atoms with Crippen LogP contribution in [0, 0.1) is 0 Å². The average Bonchev–Trinajstić information content (AvgIpc) is 2.15. The summed E-state index contributed by atoms with van der Waals surface area (Å²) in [4.78, 5) is 6.37. The molecule has 0 saturated carbocycles. The van der Waals surface area contributed by atoms with E-state index in [-0.39, 0.29) is 0 Å². The summed E-state index contributed by atoms with van der Waals surface area (Å²) in [5.74, 6) is 0. The van der Waals surface area contributed by atoms with Crippen molar-refractivity contribution in [2.24, 2.45) is 0 Å². The quantitative estimate of drug-likeness (QED) is 0.753. The number of ether oxygens (including phenoxy) is 1. The van der Waals surface area contributed by atoms with Gasteiger partial charge < -0.3 is 10.5 Å². The number of nitrogen functional groups attached to an aromatic ring is 1. The molecule has 1 heterocycles. The Labute approximate surface area is 84.7 Å². The minimum atomic E-state index is 0.735. The molecule has 0 radical (unpaired) electrons. The zero-order valence-corrected chi connectivity index (χ0v) is 8.73. The van der Waals surface area contributed by atoms with Crippen LogP contribution in [0.15, 0.2) is 18.3 Å². The van der Waals surface area contributed by atoms with Crippen molar-refractivity contribution in [3.05, 3.63) is 24.0 Å². The molecule has 0 bridgehead atoms. The summed E-state index contributed by atoms with van der Waals surface area (Å²) >= 11 is 0. The number of rotatable bonds is 5. The summed E-state index contributed by atoms with van der Waals surface area (Å²) in [5, 5.41) is 0. The predicted molar refractivity (Wildman–Crippen MR) is 56.9 cm³/mol. The van der Waals surface area contributed by atoms with E-state index in [1.807, 2.05) is 13.1 Å². The zero-order valence-electron chi connectivity index (χ0n) is 8.73. The third-order valence-corrected chi connectivity index (χ3v) is 1.95. The van der Waals surface area contributed by atoms with Crippen molar-refractivity contribution in [2.75, 3.05) is 33.0 Å². The maximum Gasteiger partial charge on any atom is 0.0589 e. The van der Waals surface area contributed by atoms with Crippen LogP contribution in [0.1, 0.15) is 5.69 Å². The van der Waals surface area contributed by atoms with Crippen LogP contribution < -0.4 is 5.73 Å². The number of likely N-dealkylation sites (N-methyl/N-ethyl adjacent to an activating group) is 1. The largest absolute Gasteiger partial charge is 0.399 e. The van der Waals surface area contributed by atoms with Crippen molar-refractivity contribution in [1.29, 1.82) is 0 Å². The summed E-state index contributed by atoms with van der Waals surface area (Å²) < 4.78 is 4.99. The lowest BCUT2D eigenvalue weighted by Crippen LogP contribution is -2.22. The van der Waals surface area contributed by atoms with E-state index in [1.54, 1.807) is 19.4 Å². The smallest absolute Gasteiger partial charge is 0.0589 e. The molecule has 1 rings (SSSR count). The van der Waals surface area contributed by atoms with Gasteiger partial charge in [-0.3, -0.25) is 9.88 Å². The van der Waals surface area contributed by atoms with E-state index >= 15 is 0 Å². The molecule has 4 nitrogen and oxygen atoms in total. The van der Waals surface area contributed by atoms with Gasteiger partial charge in [0.1, 0.15) is 0 Å². The van der Waals surface area contributed by atoms with Crippen LogP contribution in [-0.2, 0) is 11.3 Å². The highest BCUT2D eigenvalue weighted by Gasteiger charge is 2.00. The average molecular weight is 195 g/mol. The number of nitrogens with two attached hydrogens (primary N) is 1. The first-order valence-electron chi connectivity index (χ1n) is 4.60. The molecule has 0 aliphatic carbocycles. The van der Waals surface area contributed by atoms with E-state index < -0.39 is 0 Å². The van der Waals surface area contributed by atoms with Crippen LogP contribution in [0.4, 0.5) is 5.69 Å². The molecule has 0 spiro atoms. The molecule has 2 N–H and O–H groups in total. The molecule has 78 valence electrons. The molecule has 0 aliphatic rings. The molecular weight excluding hydrogens is 178 g/mol. The number of aromatic nitrogens is 1. The molecule has 0 aromatic carbocycles. The third-order valence-electron chi connectivity index (χ3n) is 1.95. The standard InChI is InChI=1S/C10H17N3O/c1-13(5-6-14-2)8-10-7-9(11)3-4-12-10/h3-4,7H,5-6,8H2,1-2H3,(H2,11,12). The Bertz CT molecular complexity index is 278. The monoisotopic (exact) mass is 195 g/mol. The van der Waals surface area contributed by atoms with E-state index in [2.05, 4.69) is 9.88 Å². The van der Waals surface area contributed by atoms with Crippen molar-refractivity contribution in [3.63, 3.8) is 0 Å². The molecule has 1 aromatic rings. The number of pyridine rings is 1. The van der Waals surface area contributed by atoms with Gasteiger partial charge in [0.05, 0.1) is 12.3 Å². The maximum atomic E-state index is 5.65. The highest BCUT2D eigenvalue weighted by atomic mass is 16.5. The molecule has 14 heavy (non-hydrogen) atoms. The fourth-order valence-electron chi connectivity index (χ4n) is 1.19. The SMILES string of the molecule is COCCN(C)Cc1cc(N)ccn1. The number of hydrogen-bond acceptors (Lipinski definition) is 4. The second kappa shape index (κ2) is 5.57. The van der Waals surface area contributed by atoms with Crippen molar-refractivity contribution >= 4 is 5.69 Å². The van der Waals surface area contributed by atoms with Crippen LogP contribution in [0.25, 0.3) is 0 Å². The van der Waals surface area contributed by atoms with Crippen LogP contribution in [-0.4, -0.2) is 37.2 Å². The van der Waals surface area contributed by atoms with Gasteiger partial charge in [0.25, 0.3) is 0 Å². The molecule has 0 atom stereocenters. The van der Waals surface area contributed by atoms with Crippen molar-refractivity contribution in [2.45, 2.75) is 6.54 Å². The summed E-state index contributed by atoms with van der Waals surface area (Å²) in [6.07, 6.45) is 1.73. The van der Waals surface area contributed by atoms with Gasteiger partial charge in [0.2, 0.25) is 0 Å². The van der Waals surface area contributed by atoms with E-state index in [0.29, 0.717) is 0 Å². The summed E-state index contributed by atoms with van der Waals surface area (Å²) in [5.41, 5.74) is 7.40. The van der Waals surface area contributed by atoms with Crippen molar-refractivity contribution < 1.29 is 4.74 Å². The Hall–Kier alpha value is -1.13. The van der Waals surface area contributed by atoms with E-state index in [9.17, 15) is 0 Å². The van der Waals surface area contributed by atoms with Gasteiger partial charge in [-0.15, -0.1) is 0 Å². The summed E-state index contributed by atoms with van der Waals surface area (Å²) in [7, 11) is 3.73. The summed E-state index contributed by atoms with van der Waals surface area (Å²) in [6, 6.07) is 3.68. The molecule has 0 unspecified atom stereocenters. The van der Waals surface area contributed by atoms with Gasteiger partial charge in [0.15, 0.2) is 0 Å². The fraction of sp³-hybridized carbons (Fsp3) is 0.500. The molecule has 4 heteroatoms. The van der Waals surface area contributed by atoms with Crippen molar-refractivity contribution in [1.82, 2.24) is 9.88 Å². The number of anilines is 1. The molecule has 0 saturated heterocycles. The third kappa shape index (κ3) is 3.72. The first kappa shape index (κ1) is 10.9. The Morgan fingerprint density at radius 2 is 2.36 bits per heavy atom. The molecule has 0 aliphatic heterocycles. The van der Waals surface area contributed by atoms with Gasteiger partial charge in [-0.25, -0.2) is 0 Å².